The van der Waals surface area contributed by atoms with E-state index in [2.05, 4.69) is 5.32 Å². The molecule has 116 valence electrons. The highest BCUT2D eigenvalue weighted by molar-refractivity contribution is 5.94. The van der Waals surface area contributed by atoms with Crippen LogP contribution >= 0.6 is 0 Å². The van der Waals surface area contributed by atoms with Crippen LogP contribution in [0.15, 0.2) is 42.5 Å². The Kier molecular flexibility index (Phi) is 4.51. The lowest BCUT2D eigenvalue weighted by Crippen LogP contribution is -2.39. The van der Waals surface area contributed by atoms with Gasteiger partial charge in [0.1, 0.15) is 28.6 Å². The molecule has 3 nitrogen and oxygen atoms in total. The maximum Gasteiger partial charge on any atom is 0.257 e. The van der Waals surface area contributed by atoms with E-state index >= 15 is 0 Å². The minimum Gasteiger partial charge on any atom is -0.384 e. The van der Waals surface area contributed by atoms with Crippen molar-refractivity contribution in [1.29, 1.82) is 0 Å². The van der Waals surface area contributed by atoms with Crippen LogP contribution in [0.4, 0.5) is 13.2 Å². The molecule has 0 aromatic heterocycles. The van der Waals surface area contributed by atoms with Crippen LogP contribution in [0.1, 0.15) is 22.8 Å². The van der Waals surface area contributed by atoms with Crippen molar-refractivity contribution in [1.82, 2.24) is 5.32 Å². The molecule has 0 saturated carbocycles. The molecule has 6 heteroatoms. The molecule has 0 aliphatic rings. The predicted molar refractivity (Wildman–Crippen MR) is 74.7 cm³/mol. The highest BCUT2D eigenvalue weighted by Gasteiger charge is 2.25. The van der Waals surface area contributed by atoms with Gasteiger partial charge in [0.15, 0.2) is 0 Å². The SMILES string of the molecule is CC(O)(CNC(=O)c1c(F)cccc1F)c1ccc(F)cc1. The van der Waals surface area contributed by atoms with E-state index in [4.69, 9.17) is 0 Å². The molecule has 0 saturated heterocycles. The Bertz CT molecular complexity index is 664. The van der Waals surface area contributed by atoms with Crippen LogP contribution in [0.5, 0.6) is 0 Å². The second-order valence-electron chi connectivity index (χ2n) is 5.06. The average molecular weight is 309 g/mol. The van der Waals surface area contributed by atoms with Crippen molar-refractivity contribution >= 4 is 5.91 Å². The third kappa shape index (κ3) is 3.46. The number of hydrogen-bond acceptors (Lipinski definition) is 2. The highest BCUT2D eigenvalue weighted by atomic mass is 19.1. The third-order valence-corrected chi connectivity index (χ3v) is 3.25. The van der Waals surface area contributed by atoms with Crippen molar-refractivity contribution < 1.29 is 23.1 Å². The second-order valence-corrected chi connectivity index (χ2v) is 5.06. The molecule has 0 aliphatic carbocycles. The van der Waals surface area contributed by atoms with E-state index in [0.717, 1.165) is 18.2 Å². The number of carbonyl (C=O) groups is 1. The number of benzene rings is 2. The summed E-state index contributed by atoms with van der Waals surface area (Å²) in [6, 6.07) is 8.16. The zero-order chi connectivity index (χ0) is 16.3. The minimum absolute atomic E-state index is 0.286. The van der Waals surface area contributed by atoms with Gasteiger partial charge in [0.2, 0.25) is 0 Å². The Hall–Kier alpha value is -2.34. The maximum atomic E-state index is 13.5. The van der Waals surface area contributed by atoms with E-state index in [1.807, 2.05) is 0 Å². The van der Waals surface area contributed by atoms with Gasteiger partial charge in [-0.05, 0) is 36.8 Å². The standard InChI is InChI=1S/C16H14F3NO2/c1-16(22,10-5-7-11(17)8-6-10)9-20-15(21)14-12(18)3-2-4-13(14)19/h2-8,22H,9H2,1H3,(H,20,21). The summed E-state index contributed by atoms with van der Waals surface area (Å²) >= 11 is 0. The molecule has 0 heterocycles. The van der Waals surface area contributed by atoms with Crippen molar-refractivity contribution in [2.45, 2.75) is 12.5 Å². The lowest BCUT2D eigenvalue weighted by Gasteiger charge is -2.24. The molecule has 1 amide bonds. The van der Waals surface area contributed by atoms with Crippen LogP contribution in [-0.4, -0.2) is 17.6 Å². The summed E-state index contributed by atoms with van der Waals surface area (Å²) in [5, 5.41) is 12.6. The van der Waals surface area contributed by atoms with Gasteiger partial charge in [-0.3, -0.25) is 4.79 Å². The topological polar surface area (TPSA) is 49.3 Å². The average Bonchev–Trinajstić information content (AvgIpc) is 2.45. The smallest absolute Gasteiger partial charge is 0.257 e. The van der Waals surface area contributed by atoms with Gasteiger partial charge in [0.05, 0.1) is 6.54 Å². The summed E-state index contributed by atoms with van der Waals surface area (Å²) in [7, 11) is 0. The first-order chi connectivity index (χ1) is 10.3. The molecule has 0 aliphatic heterocycles. The lowest BCUT2D eigenvalue weighted by atomic mass is 9.96. The summed E-state index contributed by atoms with van der Waals surface area (Å²) in [5.74, 6) is -3.41. The van der Waals surface area contributed by atoms with E-state index in [-0.39, 0.29) is 6.54 Å². The van der Waals surface area contributed by atoms with E-state index in [0.29, 0.717) is 5.56 Å². The first-order valence-electron chi connectivity index (χ1n) is 6.52. The fourth-order valence-corrected chi connectivity index (χ4v) is 1.97. The van der Waals surface area contributed by atoms with Gasteiger partial charge < -0.3 is 10.4 Å². The summed E-state index contributed by atoms with van der Waals surface area (Å²) < 4.78 is 39.8. The van der Waals surface area contributed by atoms with Crippen molar-refractivity contribution in [3.63, 3.8) is 0 Å². The number of halogens is 3. The number of hydrogen-bond donors (Lipinski definition) is 2. The molecular weight excluding hydrogens is 295 g/mol. The van der Waals surface area contributed by atoms with Crippen LogP contribution in [0, 0.1) is 17.5 Å². The molecule has 2 rings (SSSR count). The molecule has 2 aromatic carbocycles. The fraction of sp³-hybridized carbons (Fsp3) is 0.188. The molecule has 0 bridgehead atoms. The van der Waals surface area contributed by atoms with E-state index < -0.39 is 34.5 Å². The maximum absolute atomic E-state index is 13.5. The Labute approximate surface area is 125 Å². The Morgan fingerprint density at radius 1 is 1.09 bits per heavy atom. The summed E-state index contributed by atoms with van der Waals surface area (Å²) in [6.07, 6.45) is 0. The molecule has 2 aromatic rings. The fourth-order valence-electron chi connectivity index (χ4n) is 1.97. The summed E-state index contributed by atoms with van der Waals surface area (Å²) in [4.78, 5) is 11.9. The molecule has 1 unspecified atom stereocenters. The van der Waals surface area contributed by atoms with Gasteiger partial charge in [0, 0.05) is 0 Å². The summed E-state index contributed by atoms with van der Waals surface area (Å²) in [5.41, 5.74) is -1.86. The minimum atomic E-state index is -1.51. The molecule has 0 radical (unpaired) electrons. The number of rotatable bonds is 4. The first kappa shape index (κ1) is 16.0. The number of carbonyl (C=O) groups excluding carboxylic acids is 1. The lowest BCUT2D eigenvalue weighted by molar-refractivity contribution is 0.0523. The zero-order valence-corrected chi connectivity index (χ0v) is 11.7. The van der Waals surface area contributed by atoms with Crippen molar-refractivity contribution in [2.75, 3.05) is 6.54 Å². The van der Waals surface area contributed by atoms with Gasteiger partial charge in [-0.15, -0.1) is 0 Å². The molecule has 0 fully saturated rings. The Morgan fingerprint density at radius 3 is 2.18 bits per heavy atom. The second kappa shape index (κ2) is 6.19. The monoisotopic (exact) mass is 309 g/mol. The Balaban J connectivity index is 2.11. The molecule has 0 spiro atoms. The van der Waals surface area contributed by atoms with Crippen LogP contribution in [-0.2, 0) is 5.60 Å². The number of aliphatic hydroxyl groups is 1. The predicted octanol–water partition coefficient (Wildman–Crippen LogP) is 2.74. The highest BCUT2D eigenvalue weighted by Crippen LogP contribution is 2.20. The first-order valence-corrected chi connectivity index (χ1v) is 6.52. The van der Waals surface area contributed by atoms with Gasteiger partial charge in [-0.1, -0.05) is 18.2 Å². The van der Waals surface area contributed by atoms with Crippen molar-refractivity contribution in [3.8, 4) is 0 Å². The number of nitrogens with one attached hydrogen (secondary N) is 1. The van der Waals surface area contributed by atoms with Gasteiger partial charge >= 0.3 is 0 Å². The Morgan fingerprint density at radius 2 is 1.64 bits per heavy atom. The van der Waals surface area contributed by atoms with Crippen LogP contribution in [0.2, 0.25) is 0 Å². The van der Waals surface area contributed by atoms with Gasteiger partial charge in [0.25, 0.3) is 5.91 Å². The van der Waals surface area contributed by atoms with E-state index in [1.165, 1.54) is 31.2 Å². The third-order valence-electron chi connectivity index (χ3n) is 3.25. The van der Waals surface area contributed by atoms with E-state index in [9.17, 15) is 23.1 Å². The van der Waals surface area contributed by atoms with Crippen molar-refractivity contribution in [2.24, 2.45) is 0 Å². The molecular formula is C16H14F3NO2. The van der Waals surface area contributed by atoms with Crippen LogP contribution in [0.3, 0.4) is 0 Å². The quantitative estimate of drug-likeness (QED) is 0.912. The molecule has 2 N–H and O–H groups in total. The largest absolute Gasteiger partial charge is 0.384 e. The zero-order valence-electron chi connectivity index (χ0n) is 11.7. The van der Waals surface area contributed by atoms with Crippen LogP contribution < -0.4 is 5.32 Å². The van der Waals surface area contributed by atoms with Gasteiger partial charge in [-0.2, -0.15) is 0 Å². The molecule has 22 heavy (non-hydrogen) atoms. The molecule has 1 atom stereocenters. The van der Waals surface area contributed by atoms with Crippen LogP contribution in [0.25, 0.3) is 0 Å². The number of amides is 1. The van der Waals surface area contributed by atoms with Gasteiger partial charge in [-0.25, -0.2) is 13.2 Å². The van der Waals surface area contributed by atoms with Crippen molar-refractivity contribution in [3.05, 3.63) is 71.0 Å². The summed E-state index contributed by atoms with van der Waals surface area (Å²) in [6.45, 7) is 1.11. The van der Waals surface area contributed by atoms with E-state index in [1.54, 1.807) is 0 Å². The normalized spacial score (nSPS) is 13.5.